The molecule has 0 amide bonds. The van der Waals surface area contributed by atoms with Crippen LogP contribution in [0.15, 0.2) is 0 Å². The van der Waals surface area contributed by atoms with Crippen molar-refractivity contribution in [2.45, 2.75) is 26.3 Å². The molecular formula is C10H21NO3. The van der Waals surface area contributed by atoms with E-state index >= 15 is 0 Å². The number of carbonyl (C=O) groups excluding carboxylic acids is 1. The van der Waals surface area contributed by atoms with Gasteiger partial charge in [-0.2, -0.15) is 0 Å². The van der Waals surface area contributed by atoms with Gasteiger partial charge < -0.3 is 9.47 Å². The van der Waals surface area contributed by atoms with E-state index in [9.17, 15) is 4.79 Å². The molecule has 0 aromatic rings. The summed E-state index contributed by atoms with van der Waals surface area (Å²) in [5, 5.41) is 0. The number of methoxy groups -OCH3 is 2. The molecule has 0 aromatic carbocycles. The van der Waals surface area contributed by atoms with Crippen LogP contribution in [-0.4, -0.2) is 50.8 Å². The average molecular weight is 203 g/mol. The SMILES string of the molecule is CCN(CCC(=O)OC)C(C)COC. The standard InChI is InChI=1S/C10H21NO3/c1-5-11(9(2)8-13-3)7-6-10(12)14-4/h9H,5-8H2,1-4H3. The van der Waals surface area contributed by atoms with Crippen molar-refractivity contribution in [1.82, 2.24) is 4.90 Å². The van der Waals surface area contributed by atoms with Gasteiger partial charge in [0.25, 0.3) is 0 Å². The van der Waals surface area contributed by atoms with Crippen molar-refractivity contribution in [2.24, 2.45) is 0 Å². The molecule has 0 N–H and O–H groups in total. The van der Waals surface area contributed by atoms with Crippen LogP contribution in [0, 0.1) is 0 Å². The van der Waals surface area contributed by atoms with Crippen molar-refractivity contribution >= 4 is 5.97 Å². The number of ether oxygens (including phenoxy) is 2. The van der Waals surface area contributed by atoms with Crippen molar-refractivity contribution < 1.29 is 14.3 Å². The number of carbonyl (C=O) groups is 1. The number of rotatable bonds is 7. The van der Waals surface area contributed by atoms with Gasteiger partial charge in [0.05, 0.1) is 20.1 Å². The van der Waals surface area contributed by atoms with Crippen LogP contribution in [0.3, 0.4) is 0 Å². The molecule has 14 heavy (non-hydrogen) atoms. The first-order valence-electron chi connectivity index (χ1n) is 4.95. The van der Waals surface area contributed by atoms with Crippen molar-refractivity contribution in [3.05, 3.63) is 0 Å². The predicted octanol–water partition coefficient (Wildman–Crippen LogP) is 0.906. The van der Waals surface area contributed by atoms with E-state index < -0.39 is 0 Å². The smallest absolute Gasteiger partial charge is 0.306 e. The normalized spacial score (nSPS) is 12.9. The van der Waals surface area contributed by atoms with Crippen molar-refractivity contribution in [1.29, 1.82) is 0 Å². The molecule has 0 aromatic heterocycles. The van der Waals surface area contributed by atoms with E-state index in [2.05, 4.69) is 23.5 Å². The molecule has 0 heterocycles. The molecule has 0 rings (SSSR count). The molecule has 0 bridgehead atoms. The van der Waals surface area contributed by atoms with Crippen LogP contribution >= 0.6 is 0 Å². The van der Waals surface area contributed by atoms with Crippen LogP contribution in [0.5, 0.6) is 0 Å². The van der Waals surface area contributed by atoms with Gasteiger partial charge >= 0.3 is 5.97 Å². The summed E-state index contributed by atoms with van der Waals surface area (Å²) in [7, 11) is 3.10. The summed E-state index contributed by atoms with van der Waals surface area (Å²) in [6.07, 6.45) is 0.443. The molecule has 0 saturated heterocycles. The molecule has 1 atom stereocenters. The molecule has 0 spiro atoms. The van der Waals surface area contributed by atoms with E-state index in [-0.39, 0.29) is 5.97 Å². The summed E-state index contributed by atoms with van der Waals surface area (Å²) in [6, 6.07) is 0.342. The van der Waals surface area contributed by atoms with Crippen LogP contribution in [-0.2, 0) is 14.3 Å². The average Bonchev–Trinajstić information content (AvgIpc) is 2.18. The van der Waals surface area contributed by atoms with E-state index in [0.29, 0.717) is 19.1 Å². The summed E-state index contributed by atoms with van der Waals surface area (Å²) in [4.78, 5) is 13.1. The lowest BCUT2D eigenvalue weighted by atomic mass is 10.2. The number of likely N-dealkylation sites (N-methyl/N-ethyl adjacent to an activating group) is 1. The van der Waals surface area contributed by atoms with E-state index in [1.807, 2.05) is 0 Å². The van der Waals surface area contributed by atoms with Gasteiger partial charge in [0.15, 0.2) is 0 Å². The largest absolute Gasteiger partial charge is 0.469 e. The lowest BCUT2D eigenvalue weighted by molar-refractivity contribution is -0.141. The maximum Gasteiger partial charge on any atom is 0.306 e. The Kier molecular flexibility index (Phi) is 7.42. The minimum atomic E-state index is -0.159. The third-order valence-corrected chi connectivity index (χ3v) is 2.27. The van der Waals surface area contributed by atoms with Gasteiger partial charge in [-0.1, -0.05) is 6.92 Å². The summed E-state index contributed by atoms with van der Waals surface area (Å²) in [5.41, 5.74) is 0. The molecule has 1 unspecified atom stereocenters. The van der Waals surface area contributed by atoms with Gasteiger partial charge in [0, 0.05) is 19.7 Å². The highest BCUT2D eigenvalue weighted by Crippen LogP contribution is 2.01. The van der Waals surface area contributed by atoms with Crippen LogP contribution < -0.4 is 0 Å². The topological polar surface area (TPSA) is 38.8 Å². The lowest BCUT2D eigenvalue weighted by Gasteiger charge is -2.26. The first-order valence-corrected chi connectivity index (χ1v) is 4.95. The third-order valence-electron chi connectivity index (χ3n) is 2.27. The Labute approximate surface area is 86.2 Å². The second-order valence-corrected chi connectivity index (χ2v) is 3.26. The monoisotopic (exact) mass is 203 g/mol. The highest BCUT2D eigenvalue weighted by atomic mass is 16.5. The predicted molar refractivity (Wildman–Crippen MR) is 55.2 cm³/mol. The summed E-state index contributed by atoms with van der Waals surface area (Å²) in [6.45, 7) is 6.50. The first kappa shape index (κ1) is 13.4. The fraction of sp³-hybridized carbons (Fsp3) is 0.900. The summed E-state index contributed by atoms with van der Waals surface area (Å²) in [5.74, 6) is -0.159. The molecule has 0 aliphatic carbocycles. The first-order chi connectivity index (χ1) is 6.65. The fourth-order valence-electron chi connectivity index (χ4n) is 1.37. The van der Waals surface area contributed by atoms with E-state index in [1.54, 1.807) is 7.11 Å². The Morgan fingerprint density at radius 2 is 2.07 bits per heavy atom. The van der Waals surface area contributed by atoms with Crippen molar-refractivity contribution in [2.75, 3.05) is 33.9 Å². The zero-order valence-corrected chi connectivity index (χ0v) is 9.58. The number of hydrogen-bond donors (Lipinski definition) is 0. The van der Waals surface area contributed by atoms with Gasteiger partial charge in [-0.15, -0.1) is 0 Å². The highest BCUT2D eigenvalue weighted by molar-refractivity contribution is 5.69. The van der Waals surface area contributed by atoms with E-state index in [0.717, 1.165) is 13.1 Å². The van der Waals surface area contributed by atoms with Crippen LogP contribution in [0.2, 0.25) is 0 Å². The Bertz CT molecular complexity index is 161. The number of nitrogens with zero attached hydrogens (tertiary/aromatic N) is 1. The molecule has 84 valence electrons. The maximum atomic E-state index is 10.9. The molecule has 0 fully saturated rings. The Morgan fingerprint density at radius 3 is 2.50 bits per heavy atom. The lowest BCUT2D eigenvalue weighted by Crippen LogP contribution is -2.37. The van der Waals surface area contributed by atoms with Gasteiger partial charge in [-0.05, 0) is 13.5 Å². The zero-order valence-electron chi connectivity index (χ0n) is 9.58. The van der Waals surface area contributed by atoms with Gasteiger partial charge in [0.1, 0.15) is 0 Å². The zero-order chi connectivity index (χ0) is 11.0. The minimum Gasteiger partial charge on any atom is -0.469 e. The molecule has 0 aliphatic rings. The molecule has 0 saturated carbocycles. The second kappa shape index (κ2) is 7.76. The number of esters is 1. The molecule has 0 radical (unpaired) electrons. The second-order valence-electron chi connectivity index (χ2n) is 3.26. The molecule has 0 aliphatic heterocycles. The quantitative estimate of drug-likeness (QED) is 0.576. The Balaban J connectivity index is 3.83. The minimum absolute atomic E-state index is 0.159. The third kappa shape index (κ3) is 5.19. The van der Waals surface area contributed by atoms with E-state index in [1.165, 1.54) is 7.11 Å². The van der Waals surface area contributed by atoms with Crippen LogP contribution in [0.4, 0.5) is 0 Å². The summed E-state index contributed by atoms with van der Waals surface area (Å²) >= 11 is 0. The maximum absolute atomic E-state index is 10.9. The highest BCUT2D eigenvalue weighted by Gasteiger charge is 2.13. The molecular weight excluding hydrogens is 182 g/mol. The van der Waals surface area contributed by atoms with E-state index in [4.69, 9.17) is 4.74 Å². The van der Waals surface area contributed by atoms with Gasteiger partial charge in [-0.3, -0.25) is 9.69 Å². The van der Waals surface area contributed by atoms with Gasteiger partial charge in [0.2, 0.25) is 0 Å². The fourth-order valence-corrected chi connectivity index (χ4v) is 1.37. The molecule has 4 heteroatoms. The molecule has 4 nitrogen and oxygen atoms in total. The Morgan fingerprint density at radius 1 is 1.43 bits per heavy atom. The summed E-state index contributed by atoms with van der Waals surface area (Å²) < 4.78 is 9.65. The Hall–Kier alpha value is -0.610. The van der Waals surface area contributed by atoms with Crippen LogP contribution in [0.1, 0.15) is 20.3 Å². The van der Waals surface area contributed by atoms with Crippen LogP contribution in [0.25, 0.3) is 0 Å². The van der Waals surface area contributed by atoms with Crippen molar-refractivity contribution in [3.8, 4) is 0 Å². The van der Waals surface area contributed by atoms with Gasteiger partial charge in [-0.25, -0.2) is 0 Å². The van der Waals surface area contributed by atoms with Crippen molar-refractivity contribution in [3.63, 3.8) is 0 Å². The number of hydrogen-bond acceptors (Lipinski definition) is 4.